The third kappa shape index (κ3) is 2.69. The summed E-state index contributed by atoms with van der Waals surface area (Å²) in [7, 11) is 0. The van der Waals surface area contributed by atoms with Crippen LogP contribution in [0.4, 0.5) is 0 Å². The highest BCUT2D eigenvalue weighted by atomic mass is 16.8. The Bertz CT molecular complexity index is 797. The molecule has 0 aromatic heterocycles. The van der Waals surface area contributed by atoms with E-state index < -0.39 is 65.4 Å². The number of ether oxygens (including phenoxy) is 5. The summed E-state index contributed by atoms with van der Waals surface area (Å²) in [5, 5.41) is 0. The molecule has 3 aliphatic heterocycles. The van der Waals surface area contributed by atoms with Crippen molar-refractivity contribution in [2.45, 2.75) is 57.9 Å². The molecule has 0 aromatic rings. The molecule has 1 saturated carbocycles. The van der Waals surface area contributed by atoms with Crippen molar-refractivity contribution >= 4 is 17.9 Å². The Morgan fingerprint density at radius 3 is 2.48 bits per heavy atom. The van der Waals surface area contributed by atoms with E-state index in [2.05, 4.69) is 13.2 Å². The van der Waals surface area contributed by atoms with Gasteiger partial charge in [-0.05, 0) is 0 Å². The molecule has 2 bridgehead atoms. The molecular weight excluding hydrogens is 380 g/mol. The van der Waals surface area contributed by atoms with Crippen molar-refractivity contribution in [1.82, 2.24) is 0 Å². The van der Waals surface area contributed by atoms with Gasteiger partial charge in [0.2, 0.25) is 6.29 Å². The van der Waals surface area contributed by atoms with E-state index in [1.807, 2.05) is 6.92 Å². The summed E-state index contributed by atoms with van der Waals surface area (Å²) in [6.07, 6.45) is -1.45. The molecule has 3 heterocycles. The van der Waals surface area contributed by atoms with Crippen LogP contribution in [0.5, 0.6) is 0 Å². The first-order valence-corrected chi connectivity index (χ1v) is 9.77. The van der Waals surface area contributed by atoms with Crippen LogP contribution < -0.4 is 0 Å². The summed E-state index contributed by atoms with van der Waals surface area (Å²) in [5.74, 6) is -2.89. The fourth-order valence-corrected chi connectivity index (χ4v) is 5.09. The average molecular weight is 406 g/mol. The number of hydrogen-bond acceptors (Lipinski definition) is 8. The number of rotatable bonds is 4. The Kier molecular flexibility index (Phi) is 4.44. The molecule has 0 N–H and O–H groups in total. The summed E-state index contributed by atoms with van der Waals surface area (Å²) >= 11 is 0. The Labute approximate surface area is 169 Å². The largest absolute Gasteiger partial charge is 0.461 e. The summed E-state index contributed by atoms with van der Waals surface area (Å²) in [6.45, 7) is 14.8. The van der Waals surface area contributed by atoms with Crippen LogP contribution in [0.25, 0.3) is 0 Å². The lowest BCUT2D eigenvalue weighted by Crippen LogP contribution is -2.71. The van der Waals surface area contributed by atoms with Crippen molar-refractivity contribution in [2.75, 3.05) is 6.61 Å². The van der Waals surface area contributed by atoms with Crippen molar-refractivity contribution in [2.24, 2.45) is 23.2 Å². The standard InChI is InChI=1S/C21H26O8/c1-7-20(6)15-13(27-17(23)9(2)3)12-10(4)18(24)28-14(12)16(20)29-19(26-11(5)22)21(15)8-25-21/h7,9,12-16,19H,1,4,8H2,2-3,5-6H3/t12-,13-,14-,15-,16+,19+,20-,21-/m1/s1. The Morgan fingerprint density at radius 1 is 1.31 bits per heavy atom. The topological polar surface area (TPSA) is 101 Å². The van der Waals surface area contributed by atoms with Gasteiger partial charge in [0.05, 0.1) is 18.4 Å². The Morgan fingerprint density at radius 2 is 1.97 bits per heavy atom. The quantitative estimate of drug-likeness (QED) is 0.228. The van der Waals surface area contributed by atoms with Crippen LogP contribution in [0.15, 0.2) is 24.8 Å². The average Bonchev–Trinajstić information content (AvgIpc) is 3.37. The van der Waals surface area contributed by atoms with Crippen molar-refractivity contribution in [3.05, 3.63) is 24.8 Å². The van der Waals surface area contributed by atoms with E-state index in [-0.39, 0.29) is 18.1 Å². The molecule has 4 fully saturated rings. The Balaban J connectivity index is 1.85. The first kappa shape index (κ1) is 20.1. The van der Waals surface area contributed by atoms with Gasteiger partial charge in [-0.2, -0.15) is 0 Å². The first-order chi connectivity index (χ1) is 13.6. The molecule has 1 spiro atoms. The van der Waals surface area contributed by atoms with Crippen LogP contribution in [-0.2, 0) is 38.1 Å². The van der Waals surface area contributed by atoms with Crippen LogP contribution in [0.3, 0.4) is 0 Å². The van der Waals surface area contributed by atoms with Crippen molar-refractivity contribution < 1.29 is 38.1 Å². The van der Waals surface area contributed by atoms with E-state index in [1.54, 1.807) is 19.9 Å². The lowest BCUT2D eigenvalue weighted by molar-refractivity contribution is -0.318. The van der Waals surface area contributed by atoms with Crippen LogP contribution >= 0.6 is 0 Å². The van der Waals surface area contributed by atoms with Crippen LogP contribution in [-0.4, -0.2) is 54.7 Å². The van der Waals surface area contributed by atoms with Gasteiger partial charge in [0.15, 0.2) is 5.60 Å². The summed E-state index contributed by atoms with van der Waals surface area (Å²) in [5.41, 5.74) is -1.52. The second-order valence-electron chi connectivity index (χ2n) is 8.77. The van der Waals surface area contributed by atoms with Crippen LogP contribution in [0.1, 0.15) is 27.7 Å². The molecule has 8 heteroatoms. The van der Waals surface area contributed by atoms with Gasteiger partial charge in [-0.25, -0.2) is 4.79 Å². The zero-order chi connectivity index (χ0) is 21.3. The van der Waals surface area contributed by atoms with Gasteiger partial charge in [0.25, 0.3) is 0 Å². The molecule has 0 amide bonds. The molecule has 158 valence electrons. The third-order valence-electron chi connectivity index (χ3n) is 6.64. The minimum atomic E-state index is -1.00. The highest BCUT2D eigenvalue weighted by Crippen LogP contribution is 2.64. The van der Waals surface area contributed by atoms with Gasteiger partial charge in [0, 0.05) is 23.8 Å². The summed E-state index contributed by atoms with van der Waals surface area (Å²) in [4.78, 5) is 36.6. The molecule has 0 unspecified atom stereocenters. The van der Waals surface area contributed by atoms with Crippen molar-refractivity contribution in [3.63, 3.8) is 0 Å². The highest BCUT2D eigenvalue weighted by molar-refractivity contribution is 5.91. The maximum atomic E-state index is 12.6. The van der Waals surface area contributed by atoms with Gasteiger partial charge in [0.1, 0.15) is 18.3 Å². The first-order valence-electron chi connectivity index (χ1n) is 9.77. The summed E-state index contributed by atoms with van der Waals surface area (Å²) < 4.78 is 28.9. The van der Waals surface area contributed by atoms with Crippen molar-refractivity contribution in [3.8, 4) is 0 Å². The number of epoxide rings is 1. The van der Waals surface area contributed by atoms with E-state index in [0.717, 1.165) is 0 Å². The molecule has 0 aromatic carbocycles. The van der Waals surface area contributed by atoms with E-state index in [4.69, 9.17) is 23.7 Å². The van der Waals surface area contributed by atoms with E-state index >= 15 is 0 Å². The number of esters is 3. The molecule has 8 atom stereocenters. The molecule has 29 heavy (non-hydrogen) atoms. The Hall–Kier alpha value is -2.19. The van der Waals surface area contributed by atoms with Gasteiger partial charge in [-0.1, -0.05) is 33.4 Å². The maximum Gasteiger partial charge on any atom is 0.334 e. The maximum absolute atomic E-state index is 12.6. The monoisotopic (exact) mass is 406 g/mol. The predicted molar refractivity (Wildman–Crippen MR) is 98.1 cm³/mol. The lowest BCUT2D eigenvalue weighted by Gasteiger charge is -2.59. The van der Waals surface area contributed by atoms with Gasteiger partial charge in [-0.3, -0.25) is 9.59 Å². The molecule has 4 aliphatic rings. The number of carbonyl (C=O) groups excluding carboxylic acids is 3. The van der Waals surface area contributed by atoms with E-state index in [9.17, 15) is 14.4 Å². The molecule has 0 radical (unpaired) electrons. The third-order valence-corrected chi connectivity index (χ3v) is 6.64. The van der Waals surface area contributed by atoms with Gasteiger partial charge >= 0.3 is 17.9 Å². The SMILES string of the molecule is C=C[C@]1(C)[C@H]2[C@H](OC(=O)C(C)C)[C@H]3C(=C)C(=O)O[C@H]3[C@@H]1O[C@H](OC(C)=O)[C@@]21CO1. The second-order valence-corrected chi connectivity index (χ2v) is 8.77. The van der Waals surface area contributed by atoms with Gasteiger partial charge < -0.3 is 23.7 Å². The minimum absolute atomic E-state index is 0.239. The lowest BCUT2D eigenvalue weighted by atomic mass is 9.54. The van der Waals surface area contributed by atoms with Crippen LogP contribution in [0, 0.1) is 23.2 Å². The fraction of sp³-hybridized carbons (Fsp3) is 0.667. The zero-order valence-corrected chi connectivity index (χ0v) is 17.0. The molecule has 4 rings (SSSR count). The minimum Gasteiger partial charge on any atom is -0.461 e. The number of hydrogen-bond donors (Lipinski definition) is 0. The number of fused-ring (bicyclic) bond motifs is 5. The molecular formula is C21H26O8. The second kappa shape index (κ2) is 6.40. The smallest absolute Gasteiger partial charge is 0.334 e. The molecule has 8 nitrogen and oxygen atoms in total. The summed E-state index contributed by atoms with van der Waals surface area (Å²) in [6, 6.07) is 0. The van der Waals surface area contributed by atoms with E-state index in [0.29, 0.717) is 0 Å². The number of carbonyl (C=O) groups is 3. The predicted octanol–water partition coefficient (Wildman–Crippen LogP) is 1.53. The van der Waals surface area contributed by atoms with E-state index in [1.165, 1.54) is 6.92 Å². The normalized spacial score (nSPS) is 44.9. The highest BCUT2D eigenvalue weighted by Gasteiger charge is 2.78. The zero-order valence-electron chi connectivity index (χ0n) is 17.0. The molecule has 1 aliphatic carbocycles. The van der Waals surface area contributed by atoms with Crippen LogP contribution in [0.2, 0.25) is 0 Å². The fourth-order valence-electron chi connectivity index (χ4n) is 5.09. The molecule has 3 saturated heterocycles. The van der Waals surface area contributed by atoms with Gasteiger partial charge in [-0.15, -0.1) is 6.58 Å². The van der Waals surface area contributed by atoms with Crippen molar-refractivity contribution in [1.29, 1.82) is 0 Å².